The van der Waals surface area contributed by atoms with Gasteiger partial charge < -0.3 is 23.8 Å². The van der Waals surface area contributed by atoms with Crippen LogP contribution < -0.4 is 14.4 Å². The summed E-state index contributed by atoms with van der Waals surface area (Å²) in [5, 5.41) is 0. The van der Waals surface area contributed by atoms with Gasteiger partial charge in [0.25, 0.3) is 7.82 Å². The fourth-order valence-electron chi connectivity index (χ4n) is 2.13. The van der Waals surface area contributed by atoms with Crippen LogP contribution in [0, 0.1) is 0 Å². The molecule has 0 amide bonds. The van der Waals surface area contributed by atoms with Crippen LogP contribution in [0.4, 0.5) is 0 Å². The number of ether oxygens (including phenoxy) is 2. The van der Waals surface area contributed by atoms with Gasteiger partial charge in [0.05, 0.1) is 14.2 Å². The molecule has 0 aromatic heterocycles. The van der Waals surface area contributed by atoms with Gasteiger partial charge in [0, 0.05) is 5.56 Å². The largest absolute Gasteiger partial charge is 0.756 e. The zero-order chi connectivity index (χ0) is 17.7. The number of methoxy groups -OCH3 is 2. The number of hydrogen-bond acceptors (Lipinski definition) is 6. The Labute approximate surface area is 139 Å². The van der Waals surface area contributed by atoms with Gasteiger partial charge in [-0.05, 0) is 29.8 Å². The summed E-state index contributed by atoms with van der Waals surface area (Å²) in [6.07, 6.45) is -1.54. The lowest BCUT2D eigenvalue weighted by Gasteiger charge is -2.24. The maximum Gasteiger partial charge on any atom is 0.266 e. The molecule has 0 aliphatic carbocycles. The Morgan fingerprint density at radius 2 is 1.67 bits per heavy atom. The van der Waals surface area contributed by atoms with Crippen LogP contribution >= 0.6 is 7.82 Å². The van der Waals surface area contributed by atoms with Gasteiger partial charge in [-0.2, -0.15) is 0 Å². The highest BCUT2D eigenvalue weighted by Crippen LogP contribution is 2.40. The normalized spacial score (nSPS) is 14.5. The zero-order valence-electron chi connectivity index (χ0n) is 13.0. The molecule has 0 aliphatic rings. The molecule has 0 saturated carbocycles. The smallest absolute Gasteiger partial charge is 0.266 e. The SMILES string of the molecule is COc1cccc(C(=O)[C@H](OP(=O)([O-])O)c2cccc(OC)c2)c1. The number of phosphoric acid groups is 1. The van der Waals surface area contributed by atoms with E-state index in [1.165, 1.54) is 38.5 Å². The van der Waals surface area contributed by atoms with Crippen LogP contribution in [0.5, 0.6) is 11.5 Å². The first-order chi connectivity index (χ1) is 11.3. The highest BCUT2D eigenvalue weighted by molar-refractivity contribution is 7.44. The average Bonchev–Trinajstić information content (AvgIpc) is 2.58. The quantitative estimate of drug-likeness (QED) is 0.601. The maximum absolute atomic E-state index is 12.7. The second-order valence-corrected chi connectivity index (χ2v) is 5.97. The number of carbonyl (C=O) groups excluding carboxylic acids is 1. The van der Waals surface area contributed by atoms with E-state index in [0.29, 0.717) is 11.5 Å². The van der Waals surface area contributed by atoms with E-state index < -0.39 is 19.7 Å². The van der Waals surface area contributed by atoms with Crippen molar-refractivity contribution in [1.29, 1.82) is 0 Å². The first-order valence-corrected chi connectivity index (χ1v) is 8.38. The molecule has 0 spiro atoms. The third-order valence-corrected chi connectivity index (χ3v) is 3.70. The highest BCUT2D eigenvalue weighted by Gasteiger charge is 2.27. The van der Waals surface area contributed by atoms with Gasteiger partial charge in [-0.25, -0.2) is 0 Å². The van der Waals surface area contributed by atoms with Gasteiger partial charge in [0.1, 0.15) is 11.5 Å². The van der Waals surface area contributed by atoms with E-state index in [-0.39, 0.29) is 11.1 Å². The van der Waals surface area contributed by atoms with Gasteiger partial charge in [-0.15, -0.1) is 0 Å². The number of ketones is 1. The van der Waals surface area contributed by atoms with Crippen molar-refractivity contribution >= 4 is 13.6 Å². The van der Waals surface area contributed by atoms with Crippen LogP contribution in [0.2, 0.25) is 0 Å². The van der Waals surface area contributed by atoms with E-state index in [4.69, 9.17) is 14.4 Å². The van der Waals surface area contributed by atoms with Crippen molar-refractivity contribution in [3.63, 3.8) is 0 Å². The summed E-state index contributed by atoms with van der Waals surface area (Å²) in [6.45, 7) is 0. The van der Waals surface area contributed by atoms with Crippen molar-refractivity contribution in [2.45, 2.75) is 6.10 Å². The van der Waals surface area contributed by atoms with Crippen LogP contribution in [-0.2, 0) is 9.09 Å². The van der Waals surface area contributed by atoms with Crippen molar-refractivity contribution in [2.24, 2.45) is 0 Å². The molecule has 24 heavy (non-hydrogen) atoms. The summed E-state index contributed by atoms with van der Waals surface area (Å²) in [5.74, 6) is 0.199. The molecule has 0 bridgehead atoms. The lowest BCUT2D eigenvalue weighted by molar-refractivity contribution is -0.222. The van der Waals surface area contributed by atoms with Crippen LogP contribution in [0.1, 0.15) is 22.0 Å². The van der Waals surface area contributed by atoms with Crippen molar-refractivity contribution in [3.05, 3.63) is 59.7 Å². The average molecular weight is 351 g/mol. The van der Waals surface area contributed by atoms with E-state index in [2.05, 4.69) is 4.52 Å². The summed E-state index contributed by atoms with van der Waals surface area (Å²) < 4.78 is 25.9. The van der Waals surface area contributed by atoms with E-state index in [0.717, 1.165) is 0 Å². The monoisotopic (exact) mass is 351 g/mol. The first-order valence-electron chi connectivity index (χ1n) is 6.88. The predicted molar refractivity (Wildman–Crippen MR) is 84.0 cm³/mol. The Balaban J connectivity index is 2.44. The lowest BCUT2D eigenvalue weighted by Crippen LogP contribution is -2.18. The first kappa shape index (κ1) is 18.2. The molecule has 8 heteroatoms. The van der Waals surface area contributed by atoms with Crippen LogP contribution in [0.25, 0.3) is 0 Å². The fourth-order valence-corrected chi connectivity index (χ4v) is 2.61. The topological polar surface area (TPSA) is 105 Å². The third kappa shape index (κ3) is 4.66. The number of hydrogen-bond donors (Lipinski definition) is 1. The summed E-state index contributed by atoms with van der Waals surface area (Å²) in [4.78, 5) is 32.9. The van der Waals surface area contributed by atoms with Crippen LogP contribution in [0.3, 0.4) is 0 Å². The molecule has 2 aromatic carbocycles. The number of Topliss-reactive ketones (excluding diaryl/α,β-unsaturated/α-hetero) is 1. The van der Waals surface area contributed by atoms with E-state index in [1.807, 2.05) is 0 Å². The number of carbonyl (C=O) groups is 1. The van der Waals surface area contributed by atoms with Crippen molar-refractivity contribution in [1.82, 2.24) is 0 Å². The van der Waals surface area contributed by atoms with E-state index >= 15 is 0 Å². The Morgan fingerprint density at radius 1 is 1.08 bits per heavy atom. The molecule has 2 aromatic rings. The lowest BCUT2D eigenvalue weighted by atomic mass is 9.99. The Bertz CT molecular complexity index is 769. The number of rotatable bonds is 7. The summed E-state index contributed by atoms with van der Waals surface area (Å²) in [7, 11) is -2.27. The van der Waals surface area contributed by atoms with Crippen LogP contribution in [-0.4, -0.2) is 24.9 Å². The number of benzene rings is 2. The second kappa shape index (κ2) is 7.59. The third-order valence-electron chi connectivity index (χ3n) is 3.23. The Kier molecular flexibility index (Phi) is 5.75. The second-order valence-electron chi connectivity index (χ2n) is 4.83. The summed E-state index contributed by atoms with van der Waals surface area (Å²) >= 11 is 0. The van der Waals surface area contributed by atoms with E-state index in [9.17, 15) is 14.3 Å². The maximum atomic E-state index is 12.7. The minimum Gasteiger partial charge on any atom is -0.756 e. The molecular weight excluding hydrogens is 335 g/mol. The molecule has 1 N–H and O–H groups in total. The Hall–Kier alpha value is -2.18. The summed E-state index contributed by atoms with van der Waals surface area (Å²) in [5.41, 5.74) is 0.405. The van der Waals surface area contributed by atoms with Gasteiger partial charge in [0.2, 0.25) is 0 Å². The van der Waals surface area contributed by atoms with Gasteiger partial charge in [-0.1, -0.05) is 24.3 Å². The molecule has 0 saturated heterocycles. The highest BCUT2D eigenvalue weighted by atomic mass is 31.2. The van der Waals surface area contributed by atoms with Crippen molar-refractivity contribution in [3.8, 4) is 11.5 Å². The molecule has 7 nitrogen and oxygen atoms in total. The minimum absolute atomic E-state index is 0.176. The standard InChI is InChI=1S/C16H17O7P/c1-21-13-7-3-5-11(9-13)15(17)16(23-24(18,19)20)12-6-4-8-14(10-12)22-2/h3-10,16H,1-2H3,(H2,18,19,20)/p-1/t16-/m1/s1. The molecule has 128 valence electrons. The fraction of sp³-hybridized carbons (Fsp3) is 0.188. The molecular formula is C16H16O7P-. The van der Waals surface area contributed by atoms with Gasteiger partial charge in [0.15, 0.2) is 11.9 Å². The zero-order valence-corrected chi connectivity index (χ0v) is 13.9. The van der Waals surface area contributed by atoms with Crippen molar-refractivity contribution in [2.75, 3.05) is 14.2 Å². The molecule has 0 fully saturated rings. The predicted octanol–water partition coefficient (Wildman–Crippen LogP) is 2.11. The molecule has 0 heterocycles. The van der Waals surface area contributed by atoms with Gasteiger partial charge in [-0.3, -0.25) is 9.36 Å². The molecule has 2 rings (SSSR count). The van der Waals surface area contributed by atoms with Crippen molar-refractivity contribution < 1.29 is 33.1 Å². The minimum atomic E-state index is -5.15. The molecule has 0 radical (unpaired) electrons. The van der Waals surface area contributed by atoms with Crippen LogP contribution in [0.15, 0.2) is 48.5 Å². The molecule has 0 aliphatic heterocycles. The molecule has 1 unspecified atom stereocenters. The Morgan fingerprint density at radius 3 is 2.25 bits per heavy atom. The van der Waals surface area contributed by atoms with E-state index in [1.54, 1.807) is 24.3 Å². The van der Waals surface area contributed by atoms with Gasteiger partial charge >= 0.3 is 0 Å². The molecule has 2 atom stereocenters. The number of phosphoric ester groups is 1. The summed E-state index contributed by atoms with van der Waals surface area (Å²) in [6, 6.07) is 12.3.